The van der Waals surface area contributed by atoms with E-state index in [4.69, 9.17) is 14.2 Å². The number of hydrogen-bond donors (Lipinski definition) is 0. The van der Waals surface area contributed by atoms with Gasteiger partial charge in [-0.15, -0.1) is 0 Å². The van der Waals surface area contributed by atoms with E-state index >= 15 is 0 Å². The number of carbonyl (C=O) groups is 1. The van der Waals surface area contributed by atoms with Gasteiger partial charge in [0.15, 0.2) is 11.5 Å². The molecule has 1 saturated heterocycles. The van der Waals surface area contributed by atoms with Gasteiger partial charge in [-0.25, -0.2) is 4.39 Å². The van der Waals surface area contributed by atoms with Crippen molar-refractivity contribution in [3.63, 3.8) is 0 Å². The standard InChI is InChI=1S/C24H29FN2O4/c1-29-21-9-6-17(22(30-2)23(21)31-3)15-26-10-12-27(13-11-26)24(28)20-14-19(20)16-4-7-18(25)8-5-16/h4-9,19-20H,10-15H2,1-3H3. The maximum atomic E-state index is 13.1. The highest BCUT2D eigenvalue weighted by molar-refractivity contribution is 5.83. The molecule has 2 aromatic rings. The Bertz CT molecular complexity index is 926. The second-order valence-corrected chi connectivity index (χ2v) is 8.10. The summed E-state index contributed by atoms with van der Waals surface area (Å²) in [5, 5.41) is 0. The average Bonchev–Trinajstić information content (AvgIpc) is 3.60. The van der Waals surface area contributed by atoms with Crippen LogP contribution in [-0.2, 0) is 11.3 Å². The first-order valence-electron chi connectivity index (χ1n) is 10.6. The van der Waals surface area contributed by atoms with E-state index in [9.17, 15) is 9.18 Å². The first-order chi connectivity index (χ1) is 15.0. The van der Waals surface area contributed by atoms with Crippen molar-refractivity contribution in [1.82, 2.24) is 9.80 Å². The highest BCUT2D eigenvalue weighted by atomic mass is 19.1. The molecule has 6 nitrogen and oxygen atoms in total. The van der Waals surface area contributed by atoms with Gasteiger partial charge < -0.3 is 19.1 Å². The zero-order chi connectivity index (χ0) is 22.0. The first kappa shape index (κ1) is 21.4. The summed E-state index contributed by atoms with van der Waals surface area (Å²) < 4.78 is 29.6. The van der Waals surface area contributed by atoms with Crippen molar-refractivity contribution in [2.24, 2.45) is 5.92 Å². The van der Waals surface area contributed by atoms with Crippen LogP contribution in [0.25, 0.3) is 0 Å². The summed E-state index contributed by atoms with van der Waals surface area (Å²) in [6, 6.07) is 10.4. The minimum absolute atomic E-state index is 0.0305. The Morgan fingerprint density at radius 1 is 0.935 bits per heavy atom. The van der Waals surface area contributed by atoms with E-state index in [1.807, 2.05) is 17.0 Å². The molecule has 0 aromatic heterocycles. The van der Waals surface area contributed by atoms with Gasteiger partial charge in [-0.3, -0.25) is 9.69 Å². The molecule has 166 valence electrons. The Morgan fingerprint density at radius 2 is 1.61 bits per heavy atom. The summed E-state index contributed by atoms with van der Waals surface area (Å²) in [5.41, 5.74) is 2.08. The van der Waals surface area contributed by atoms with Crippen molar-refractivity contribution >= 4 is 5.91 Å². The number of piperazine rings is 1. The van der Waals surface area contributed by atoms with Gasteiger partial charge in [-0.05, 0) is 36.1 Å². The Kier molecular flexibility index (Phi) is 6.32. The number of ether oxygens (including phenoxy) is 3. The van der Waals surface area contributed by atoms with Crippen molar-refractivity contribution in [1.29, 1.82) is 0 Å². The van der Waals surface area contributed by atoms with Gasteiger partial charge in [0.2, 0.25) is 11.7 Å². The summed E-state index contributed by atoms with van der Waals surface area (Å²) in [4.78, 5) is 17.2. The van der Waals surface area contributed by atoms with Crippen molar-refractivity contribution in [3.8, 4) is 17.2 Å². The largest absolute Gasteiger partial charge is 0.493 e. The van der Waals surface area contributed by atoms with Gasteiger partial charge in [-0.2, -0.15) is 0 Å². The lowest BCUT2D eigenvalue weighted by atomic mass is 10.1. The molecule has 0 N–H and O–H groups in total. The Balaban J connectivity index is 1.33. The lowest BCUT2D eigenvalue weighted by molar-refractivity contribution is -0.134. The molecule has 2 unspecified atom stereocenters. The smallest absolute Gasteiger partial charge is 0.226 e. The van der Waals surface area contributed by atoms with Crippen LogP contribution >= 0.6 is 0 Å². The minimum atomic E-state index is -0.241. The average molecular weight is 429 g/mol. The number of rotatable bonds is 7. The van der Waals surface area contributed by atoms with Crippen LogP contribution in [0.4, 0.5) is 4.39 Å². The Hall–Kier alpha value is -2.80. The molecule has 1 heterocycles. The second kappa shape index (κ2) is 9.14. The van der Waals surface area contributed by atoms with Gasteiger partial charge in [0, 0.05) is 44.2 Å². The first-order valence-corrected chi connectivity index (χ1v) is 10.6. The van der Waals surface area contributed by atoms with Crippen LogP contribution in [0.5, 0.6) is 17.2 Å². The topological polar surface area (TPSA) is 51.2 Å². The predicted octanol–water partition coefficient (Wildman–Crippen LogP) is 3.30. The van der Waals surface area contributed by atoms with E-state index in [1.165, 1.54) is 12.1 Å². The van der Waals surface area contributed by atoms with Crippen LogP contribution in [0.2, 0.25) is 0 Å². The van der Waals surface area contributed by atoms with Crippen molar-refractivity contribution < 1.29 is 23.4 Å². The van der Waals surface area contributed by atoms with Gasteiger partial charge in [0.05, 0.1) is 21.3 Å². The number of nitrogens with zero attached hydrogens (tertiary/aromatic N) is 2. The highest BCUT2D eigenvalue weighted by Gasteiger charge is 2.46. The Labute approximate surface area is 182 Å². The number of halogens is 1. The summed E-state index contributed by atoms with van der Waals surface area (Å²) in [5.74, 6) is 2.15. The summed E-state index contributed by atoms with van der Waals surface area (Å²) in [6.45, 7) is 3.74. The van der Waals surface area contributed by atoms with E-state index in [1.54, 1.807) is 33.5 Å². The molecule has 2 atom stereocenters. The second-order valence-electron chi connectivity index (χ2n) is 8.10. The van der Waals surface area contributed by atoms with E-state index in [-0.39, 0.29) is 23.6 Å². The maximum Gasteiger partial charge on any atom is 0.226 e. The number of benzene rings is 2. The molecule has 1 saturated carbocycles. The third kappa shape index (κ3) is 4.46. The molecule has 4 rings (SSSR count). The zero-order valence-electron chi connectivity index (χ0n) is 18.3. The Morgan fingerprint density at radius 3 is 2.23 bits per heavy atom. The fourth-order valence-corrected chi connectivity index (χ4v) is 4.44. The van der Waals surface area contributed by atoms with Crippen LogP contribution in [0.15, 0.2) is 36.4 Å². The third-order valence-corrected chi connectivity index (χ3v) is 6.27. The molecule has 0 spiro atoms. The number of carbonyl (C=O) groups excluding carboxylic acids is 1. The molecule has 1 aliphatic heterocycles. The molecule has 2 aromatic carbocycles. The van der Waals surface area contributed by atoms with Gasteiger partial charge >= 0.3 is 0 Å². The quantitative estimate of drug-likeness (QED) is 0.677. The van der Waals surface area contributed by atoms with Crippen LogP contribution in [0, 0.1) is 11.7 Å². The van der Waals surface area contributed by atoms with Crippen LogP contribution < -0.4 is 14.2 Å². The lowest BCUT2D eigenvalue weighted by Crippen LogP contribution is -2.48. The summed E-state index contributed by atoms with van der Waals surface area (Å²) >= 11 is 0. The monoisotopic (exact) mass is 428 g/mol. The summed E-state index contributed by atoms with van der Waals surface area (Å²) in [6.07, 6.45) is 0.855. The number of hydrogen-bond acceptors (Lipinski definition) is 5. The van der Waals surface area contributed by atoms with E-state index in [2.05, 4.69) is 4.90 Å². The normalized spacial score (nSPS) is 21.0. The molecule has 0 radical (unpaired) electrons. The molecule has 7 heteroatoms. The van der Waals surface area contributed by atoms with Crippen molar-refractivity contribution in [2.75, 3.05) is 47.5 Å². The maximum absolute atomic E-state index is 13.1. The molecule has 31 heavy (non-hydrogen) atoms. The van der Waals surface area contributed by atoms with Crippen LogP contribution in [0.3, 0.4) is 0 Å². The fraction of sp³-hybridized carbons (Fsp3) is 0.458. The van der Waals surface area contributed by atoms with Gasteiger partial charge in [0.25, 0.3) is 0 Å². The number of amides is 1. The zero-order valence-corrected chi connectivity index (χ0v) is 18.3. The van der Waals surface area contributed by atoms with Crippen LogP contribution in [0.1, 0.15) is 23.5 Å². The molecular weight excluding hydrogens is 399 g/mol. The van der Waals surface area contributed by atoms with Gasteiger partial charge in [-0.1, -0.05) is 18.2 Å². The lowest BCUT2D eigenvalue weighted by Gasteiger charge is -2.35. The minimum Gasteiger partial charge on any atom is -0.493 e. The van der Waals surface area contributed by atoms with Crippen molar-refractivity contribution in [3.05, 3.63) is 53.3 Å². The van der Waals surface area contributed by atoms with E-state index in [0.717, 1.165) is 30.6 Å². The van der Waals surface area contributed by atoms with E-state index in [0.29, 0.717) is 36.9 Å². The van der Waals surface area contributed by atoms with E-state index < -0.39 is 0 Å². The molecular formula is C24H29FN2O4. The molecule has 1 amide bonds. The highest BCUT2D eigenvalue weighted by Crippen LogP contribution is 2.48. The molecule has 1 aliphatic carbocycles. The number of methoxy groups -OCH3 is 3. The SMILES string of the molecule is COc1ccc(CN2CCN(C(=O)C3CC3c3ccc(F)cc3)CC2)c(OC)c1OC. The predicted molar refractivity (Wildman–Crippen MR) is 115 cm³/mol. The van der Waals surface area contributed by atoms with Crippen molar-refractivity contribution in [2.45, 2.75) is 18.9 Å². The summed E-state index contributed by atoms with van der Waals surface area (Å²) in [7, 11) is 4.84. The van der Waals surface area contributed by atoms with Crippen LogP contribution in [-0.4, -0.2) is 63.2 Å². The molecule has 0 bridgehead atoms. The third-order valence-electron chi connectivity index (χ3n) is 6.27. The van der Waals surface area contributed by atoms with Gasteiger partial charge in [0.1, 0.15) is 5.82 Å². The molecule has 2 fully saturated rings. The fourth-order valence-electron chi connectivity index (χ4n) is 4.44. The molecule has 2 aliphatic rings.